The van der Waals surface area contributed by atoms with Crippen molar-refractivity contribution in [3.63, 3.8) is 0 Å². The van der Waals surface area contributed by atoms with E-state index in [1.165, 1.54) is 11.1 Å². The number of nitrogens with zero attached hydrogens (tertiary/aromatic N) is 1. The largest absolute Gasteiger partial charge is 0.493 e. The molecule has 0 unspecified atom stereocenters. The van der Waals surface area contributed by atoms with Crippen LogP contribution in [0.1, 0.15) is 31.9 Å². The minimum atomic E-state index is 0.145. The second-order valence-corrected chi connectivity index (χ2v) is 7.24. The van der Waals surface area contributed by atoms with Crippen LogP contribution in [-0.4, -0.2) is 31.1 Å². The van der Waals surface area contributed by atoms with Gasteiger partial charge in [0.05, 0.1) is 6.61 Å². The van der Waals surface area contributed by atoms with Gasteiger partial charge in [0.2, 0.25) is 0 Å². The Labute approximate surface area is 130 Å². The molecule has 112 valence electrons. The first-order valence-electron chi connectivity index (χ1n) is 7.31. The highest BCUT2D eigenvalue weighted by Crippen LogP contribution is 2.34. The maximum atomic E-state index is 5.86. The monoisotopic (exact) mass is 340 g/mol. The Morgan fingerprint density at radius 2 is 2.15 bits per heavy atom. The third kappa shape index (κ3) is 3.74. The molecule has 0 aromatic heterocycles. The molecule has 0 saturated carbocycles. The molecule has 0 bridgehead atoms. The molecule has 2 N–H and O–H groups in total. The summed E-state index contributed by atoms with van der Waals surface area (Å²) in [7, 11) is 0. The first kappa shape index (κ1) is 15.8. The smallest absolute Gasteiger partial charge is 0.127 e. The Morgan fingerprint density at radius 1 is 1.40 bits per heavy atom. The topological polar surface area (TPSA) is 38.5 Å². The zero-order chi connectivity index (χ0) is 14.8. The van der Waals surface area contributed by atoms with Crippen LogP contribution in [0.5, 0.6) is 5.75 Å². The molecule has 0 amide bonds. The third-order valence-electron chi connectivity index (χ3n) is 3.87. The first-order valence-corrected chi connectivity index (χ1v) is 8.11. The van der Waals surface area contributed by atoms with Crippen LogP contribution in [0.15, 0.2) is 16.6 Å². The van der Waals surface area contributed by atoms with Crippen LogP contribution in [0.2, 0.25) is 0 Å². The summed E-state index contributed by atoms with van der Waals surface area (Å²) in [6.45, 7) is 11.1. The molecule has 1 aromatic carbocycles. The fraction of sp³-hybridized carbons (Fsp3) is 0.625. The minimum absolute atomic E-state index is 0.145. The summed E-state index contributed by atoms with van der Waals surface area (Å²) in [5, 5.41) is 0. The minimum Gasteiger partial charge on any atom is -0.493 e. The van der Waals surface area contributed by atoms with Gasteiger partial charge in [0.1, 0.15) is 5.75 Å². The van der Waals surface area contributed by atoms with Crippen LogP contribution in [0.25, 0.3) is 0 Å². The van der Waals surface area contributed by atoms with E-state index in [0.717, 1.165) is 42.9 Å². The second kappa shape index (κ2) is 6.46. The lowest BCUT2D eigenvalue weighted by Gasteiger charge is -2.31. The lowest BCUT2D eigenvalue weighted by molar-refractivity contribution is 0.181. The molecular formula is C16H25BrN2O. The van der Waals surface area contributed by atoms with Crippen molar-refractivity contribution >= 4 is 15.9 Å². The van der Waals surface area contributed by atoms with Crippen molar-refractivity contribution in [1.29, 1.82) is 0 Å². The standard InChI is InChI=1S/C16H25BrN2O/c1-4-19(11-16(2,3)10-18)9-13-8-14(17)7-12-5-6-20-15(12)13/h7-8H,4-6,9-11,18H2,1-3H3. The Kier molecular flexibility index (Phi) is 5.10. The molecule has 0 saturated heterocycles. The molecule has 1 aromatic rings. The molecule has 0 spiro atoms. The van der Waals surface area contributed by atoms with Gasteiger partial charge < -0.3 is 10.5 Å². The van der Waals surface area contributed by atoms with Crippen LogP contribution in [0, 0.1) is 5.41 Å². The summed E-state index contributed by atoms with van der Waals surface area (Å²) < 4.78 is 6.96. The summed E-state index contributed by atoms with van der Waals surface area (Å²) in [4.78, 5) is 2.44. The molecule has 0 aliphatic carbocycles. The number of hydrogen-bond donors (Lipinski definition) is 1. The predicted molar refractivity (Wildman–Crippen MR) is 87.1 cm³/mol. The van der Waals surface area contributed by atoms with Gasteiger partial charge in [-0.1, -0.05) is 36.7 Å². The fourth-order valence-electron chi connectivity index (χ4n) is 2.65. The van der Waals surface area contributed by atoms with Gasteiger partial charge in [0, 0.05) is 29.5 Å². The molecular weight excluding hydrogens is 316 g/mol. The van der Waals surface area contributed by atoms with Gasteiger partial charge in [0.25, 0.3) is 0 Å². The van der Waals surface area contributed by atoms with E-state index in [0.29, 0.717) is 6.54 Å². The maximum Gasteiger partial charge on any atom is 0.127 e. The van der Waals surface area contributed by atoms with E-state index in [-0.39, 0.29) is 5.41 Å². The van der Waals surface area contributed by atoms with Crippen LogP contribution in [0.4, 0.5) is 0 Å². The average Bonchev–Trinajstić information content (AvgIpc) is 2.85. The molecule has 0 atom stereocenters. The van der Waals surface area contributed by atoms with Gasteiger partial charge in [-0.25, -0.2) is 0 Å². The number of rotatable bonds is 6. The number of halogens is 1. The third-order valence-corrected chi connectivity index (χ3v) is 4.33. The van der Waals surface area contributed by atoms with Crippen LogP contribution >= 0.6 is 15.9 Å². The van der Waals surface area contributed by atoms with E-state index < -0.39 is 0 Å². The van der Waals surface area contributed by atoms with Crippen molar-refractivity contribution < 1.29 is 4.74 Å². The molecule has 3 nitrogen and oxygen atoms in total. The van der Waals surface area contributed by atoms with Crippen molar-refractivity contribution in [1.82, 2.24) is 4.90 Å². The second-order valence-electron chi connectivity index (χ2n) is 6.32. The van der Waals surface area contributed by atoms with E-state index in [1.54, 1.807) is 0 Å². The summed E-state index contributed by atoms with van der Waals surface area (Å²) in [5.41, 5.74) is 8.60. The van der Waals surface area contributed by atoms with Gasteiger partial charge in [-0.15, -0.1) is 0 Å². The lowest BCUT2D eigenvalue weighted by Crippen LogP contribution is -2.38. The molecule has 2 rings (SSSR count). The van der Waals surface area contributed by atoms with Gasteiger partial charge in [-0.3, -0.25) is 4.90 Å². The van der Waals surface area contributed by atoms with Gasteiger partial charge in [0.15, 0.2) is 0 Å². The molecule has 4 heteroatoms. The zero-order valence-electron chi connectivity index (χ0n) is 12.7. The van der Waals surface area contributed by atoms with Crippen LogP contribution < -0.4 is 10.5 Å². The van der Waals surface area contributed by atoms with E-state index in [4.69, 9.17) is 10.5 Å². The number of ether oxygens (including phenoxy) is 1. The molecule has 1 heterocycles. The molecule has 1 aliphatic heterocycles. The highest BCUT2D eigenvalue weighted by Gasteiger charge is 2.22. The highest BCUT2D eigenvalue weighted by atomic mass is 79.9. The maximum absolute atomic E-state index is 5.86. The van der Waals surface area contributed by atoms with E-state index in [2.05, 4.69) is 53.7 Å². The summed E-state index contributed by atoms with van der Waals surface area (Å²) in [6, 6.07) is 4.36. The number of nitrogens with two attached hydrogens (primary N) is 1. The van der Waals surface area contributed by atoms with Crippen molar-refractivity contribution in [2.75, 3.05) is 26.2 Å². The van der Waals surface area contributed by atoms with Crippen molar-refractivity contribution in [3.8, 4) is 5.75 Å². The Balaban J connectivity index is 2.16. The normalized spacial score (nSPS) is 14.5. The predicted octanol–water partition coefficient (Wildman–Crippen LogP) is 3.19. The number of fused-ring (bicyclic) bond motifs is 1. The van der Waals surface area contributed by atoms with Gasteiger partial charge >= 0.3 is 0 Å². The lowest BCUT2D eigenvalue weighted by atomic mass is 9.93. The highest BCUT2D eigenvalue weighted by molar-refractivity contribution is 9.10. The van der Waals surface area contributed by atoms with Gasteiger partial charge in [-0.2, -0.15) is 0 Å². The Morgan fingerprint density at radius 3 is 2.80 bits per heavy atom. The first-order chi connectivity index (χ1) is 9.45. The van der Waals surface area contributed by atoms with Crippen LogP contribution in [-0.2, 0) is 13.0 Å². The number of hydrogen-bond acceptors (Lipinski definition) is 3. The quantitative estimate of drug-likeness (QED) is 0.864. The Hall–Kier alpha value is -0.580. The zero-order valence-corrected chi connectivity index (χ0v) is 14.3. The molecule has 1 aliphatic rings. The SMILES string of the molecule is CCN(Cc1cc(Br)cc2c1OCC2)CC(C)(C)CN. The number of benzene rings is 1. The van der Waals surface area contributed by atoms with Crippen molar-refractivity contribution in [2.24, 2.45) is 11.1 Å². The van der Waals surface area contributed by atoms with Gasteiger partial charge in [-0.05, 0) is 36.2 Å². The van der Waals surface area contributed by atoms with E-state index >= 15 is 0 Å². The molecule has 0 fully saturated rings. The summed E-state index contributed by atoms with van der Waals surface area (Å²) >= 11 is 3.61. The average molecular weight is 341 g/mol. The van der Waals surface area contributed by atoms with Crippen LogP contribution in [0.3, 0.4) is 0 Å². The summed E-state index contributed by atoms with van der Waals surface area (Å²) in [6.07, 6.45) is 1.02. The van der Waals surface area contributed by atoms with Crippen molar-refractivity contribution in [2.45, 2.75) is 33.7 Å². The fourth-order valence-corrected chi connectivity index (χ4v) is 3.21. The molecule has 20 heavy (non-hydrogen) atoms. The molecule has 0 radical (unpaired) electrons. The van der Waals surface area contributed by atoms with E-state index in [9.17, 15) is 0 Å². The Bertz CT molecular complexity index is 474. The van der Waals surface area contributed by atoms with Crippen molar-refractivity contribution in [3.05, 3.63) is 27.7 Å². The van der Waals surface area contributed by atoms with E-state index in [1.807, 2.05) is 0 Å². The summed E-state index contributed by atoms with van der Waals surface area (Å²) in [5.74, 6) is 1.09.